The Hall–Kier alpha value is -3.65. The van der Waals surface area contributed by atoms with Crippen molar-refractivity contribution in [2.45, 2.75) is 6.54 Å². The molecule has 1 saturated heterocycles. The molecule has 156 valence electrons. The first kappa shape index (κ1) is 19.7. The van der Waals surface area contributed by atoms with E-state index in [9.17, 15) is 15.0 Å². The predicted molar refractivity (Wildman–Crippen MR) is 110 cm³/mol. The molecule has 0 spiro atoms. The average molecular weight is 409 g/mol. The number of para-hydroxylation sites is 2. The zero-order valence-electron chi connectivity index (χ0n) is 16.3. The van der Waals surface area contributed by atoms with E-state index in [1.165, 1.54) is 12.1 Å². The molecule has 30 heavy (non-hydrogen) atoms. The van der Waals surface area contributed by atoms with Gasteiger partial charge in [0.1, 0.15) is 11.5 Å². The van der Waals surface area contributed by atoms with Crippen LogP contribution in [0.2, 0.25) is 0 Å². The number of benzene rings is 2. The lowest BCUT2D eigenvalue weighted by Gasteiger charge is -2.34. The number of piperazine rings is 1. The maximum absolute atomic E-state index is 12.3. The minimum atomic E-state index is -0.621. The van der Waals surface area contributed by atoms with Gasteiger partial charge in [0.25, 0.3) is 0 Å². The van der Waals surface area contributed by atoms with Crippen molar-refractivity contribution in [2.24, 2.45) is 0 Å². The molecule has 1 aliphatic rings. The molecule has 0 atom stereocenters. The van der Waals surface area contributed by atoms with Crippen molar-refractivity contribution < 1.29 is 24.6 Å². The second kappa shape index (κ2) is 8.79. The number of ether oxygens (including phenoxy) is 1. The summed E-state index contributed by atoms with van der Waals surface area (Å²) in [5, 5.41) is 19.2. The topological polar surface area (TPSA) is 87.4 Å². The summed E-state index contributed by atoms with van der Waals surface area (Å²) >= 11 is 0. The number of carbonyl (C=O) groups excluding carboxylic acids is 1. The zero-order valence-corrected chi connectivity index (χ0v) is 16.3. The van der Waals surface area contributed by atoms with Crippen LogP contribution in [0.1, 0.15) is 5.56 Å². The van der Waals surface area contributed by atoms with Crippen molar-refractivity contribution in [3.8, 4) is 23.3 Å². The van der Waals surface area contributed by atoms with Gasteiger partial charge in [0, 0.05) is 50.4 Å². The van der Waals surface area contributed by atoms with Crippen LogP contribution in [-0.2, 0) is 6.54 Å². The van der Waals surface area contributed by atoms with Crippen LogP contribution in [-0.4, -0.2) is 57.0 Å². The Kier molecular flexibility index (Phi) is 5.76. The molecule has 8 heteroatoms. The van der Waals surface area contributed by atoms with E-state index >= 15 is 0 Å². The second-order valence-electron chi connectivity index (χ2n) is 6.99. The van der Waals surface area contributed by atoms with Crippen molar-refractivity contribution in [3.05, 3.63) is 72.3 Å². The molecule has 0 saturated carbocycles. The minimum absolute atomic E-state index is 0.338. The molecule has 0 aliphatic carbocycles. The van der Waals surface area contributed by atoms with Crippen LogP contribution in [0.4, 0.5) is 4.79 Å². The molecular weight excluding hydrogens is 386 g/mol. The largest absolute Gasteiger partial charge is 0.492 e. The van der Waals surface area contributed by atoms with Crippen LogP contribution < -0.4 is 9.57 Å². The third kappa shape index (κ3) is 4.49. The molecule has 1 aromatic heterocycles. The molecule has 2 aromatic carbocycles. The van der Waals surface area contributed by atoms with E-state index < -0.39 is 6.09 Å². The number of hydrogen-bond donors (Lipinski definition) is 2. The number of aromatic hydroxyl groups is 2. The summed E-state index contributed by atoms with van der Waals surface area (Å²) in [6, 6.07) is 20.1. The molecule has 2 N–H and O–H groups in total. The predicted octanol–water partition coefficient (Wildman–Crippen LogP) is 3.06. The number of amides is 1. The Bertz CT molecular complexity index is 978. The van der Waals surface area contributed by atoms with Gasteiger partial charge in [-0.3, -0.25) is 4.90 Å². The summed E-state index contributed by atoms with van der Waals surface area (Å²) in [6.07, 6.45) is -0.621. The average Bonchev–Trinajstić information content (AvgIpc) is 3.08. The highest BCUT2D eigenvalue weighted by molar-refractivity contribution is 5.68. The maximum Gasteiger partial charge on any atom is 0.434 e. The van der Waals surface area contributed by atoms with Gasteiger partial charge in [0.2, 0.25) is 11.8 Å². The number of nitrogens with zero attached hydrogens (tertiary/aromatic N) is 3. The van der Waals surface area contributed by atoms with E-state index in [1.807, 2.05) is 54.6 Å². The van der Waals surface area contributed by atoms with Crippen LogP contribution >= 0.6 is 0 Å². The molecule has 0 unspecified atom stereocenters. The van der Waals surface area contributed by atoms with Crippen molar-refractivity contribution in [3.63, 3.8) is 0 Å². The molecule has 2 heterocycles. The van der Waals surface area contributed by atoms with Crippen molar-refractivity contribution in [2.75, 3.05) is 26.2 Å². The Balaban J connectivity index is 1.34. The standard InChI is InChI=1S/C22H23N3O5/c26-20-10-11-21(27)25(20)30-22(28)24-14-12-23(13-15-24)16-17-6-4-5-9-19(17)29-18-7-2-1-3-8-18/h1-11,26-27H,12-16H2. The third-order valence-electron chi connectivity index (χ3n) is 4.94. The summed E-state index contributed by atoms with van der Waals surface area (Å²) in [4.78, 5) is 21.2. The fourth-order valence-corrected chi connectivity index (χ4v) is 3.31. The second-order valence-corrected chi connectivity index (χ2v) is 6.99. The van der Waals surface area contributed by atoms with Crippen LogP contribution in [0.15, 0.2) is 66.7 Å². The molecule has 1 aliphatic heterocycles. The van der Waals surface area contributed by atoms with Crippen LogP contribution in [0.3, 0.4) is 0 Å². The Labute approximate surface area is 174 Å². The van der Waals surface area contributed by atoms with Crippen molar-refractivity contribution in [1.29, 1.82) is 0 Å². The first-order valence-electron chi connectivity index (χ1n) is 9.70. The molecular formula is C22H23N3O5. The highest BCUT2D eigenvalue weighted by atomic mass is 16.7. The van der Waals surface area contributed by atoms with Gasteiger partial charge in [-0.05, 0) is 18.2 Å². The number of aromatic nitrogens is 1. The molecule has 3 aromatic rings. The lowest BCUT2D eigenvalue weighted by Crippen LogP contribution is -2.50. The highest BCUT2D eigenvalue weighted by Gasteiger charge is 2.24. The molecule has 1 fully saturated rings. The van der Waals surface area contributed by atoms with Gasteiger partial charge in [-0.15, -0.1) is 4.73 Å². The quantitative estimate of drug-likeness (QED) is 0.674. The summed E-state index contributed by atoms with van der Waals surface area (Å²) in [5.41, 5.74) is 1.07. The Morgan fingerprint density at radius 3 is 2.17 bits per heavy atom. The van der Waals surface area contributed by atoms with Gasteiger partial charge in [0.05, 0.1) is 0 Å². The van der Waals surface area contributed by atoms with Gasteiger partial charge in [-0.25, -0.2) is 4.79 Å². The zero-order chi connectivity index (χ0) is 20.9. The van der Waals surface area contributed by atoms with Crippen molar-refractivity contribution in [1.82, 2.24) is 14.5 Å². The number of rotatable bonds is 5. The fourth-order valence-electron chi connectivity index (χ4n) is 3.31. The van der Waals surface area contributed by atoms with E-state index in [2.05, 4.69) is 4.90 Å². The van der Waals surface area contributed by atoms with Crippen LogP contribution in [0.5, 0.6) is 23.3 Å². The SMILES string of the molecule is O=C(On1c(O)ccc1O)N1CCN(Cc2ccccc2Oc2ccccc2)CC1. The monoisotopic (exact) mass is 409 g/mol. The Morgan fingerprint density at radius 1 is 0.833 bits per heavy atom. The van der Waals surface area contributed by atoms with E-state index in [-0.39, 0.29) is 11.8 Å². The number of carbonyl (C=O) groups is 1. The summed E-state index contributed by atoms with van der Waals surface area (Å²) in [7, 11) is 0. The third-order valence-corrected chi connectivity index (χ3v) is 4.94. The molecule has 4 rings (SSSR count). The Morgan fingerprint density at radius 2 is 1.47 bits per heavy atom. The molecule has 0 radical (unpaired) electrons. The van der Waals surface area contributed by atoms with Gasteiger partial charge in [0.15, 0.2) is 0 Å². The first-order chi connectivity index (χ1) is 14.6. The molecule has 1 amide bonds. The summed E-state index contributed by atoms with van der Waals surface area (Å²) in [5.74, 6) is 0.919. The van der Waals surface area contributed by atoms with Crippen molar-refractivity contribution >= 4 is 6.09 Å². The lowest BCUT2D eigenvalue weighted by atomic mass is 10.1. The summed E-state index contributed by atoms with van der Waals surface area (Å²) < 4.78 is 6.73. The minimum Gasteiger partial charge on any atom is -0.492 e. The maximum atomic E-state index is 12.3. The molecule has 8 nitrogen and oxygen atoms in total. The van der Waals surface area contributed by atoms with E-state index in [1.54, 1.807) is 4.90 Å². The summed E-state index contributed by atoms with van der Waals surface area (Å²) in [6.45, 7) is 2.98. The van der Waals surface area contributed by atoms with Gasteiger partial charge >= 0.3 is 6.09 Å². The normalized spacial score (nSPS) is 14.5. The lowest BCUT2D eigenvalue weighted by molar-refractivity contribution is 0.0554. The fraction of sp³-hybridized carbons (Fsp3) is 0.227. The number of hydrogen-bond acceptors (Lipinski definition) is 6. The van der Waals surface area contributed by atoms with E-state index in [4.69, 9.17) is 9.57 Å². The van der Waals surface area contributed by atoms with Gasteiger partial charge < -0.3 is 24.7 Å². The smallest absolute Gasteiger partial charge is 0.434 e. The van der Waals surface area contributed by atoms with E-state index in [0.717, 1.165) is 17.1 Å². The molecule has 0 bridgehead atoms. The first-order valence-corrected chi connectivity index (χ1v) is 9.70. The van der Waals surface area contributed by atoms with Gasteiger partial charge in [-0.2, -0.15) is 0 Å². The van der Waals surface area contributed by atoms with E-state index in [0.29, 0.717) is 37.5 Å². The van der Waals surface area contributed by atoms with Crippen LogP contribution in [0.25, 0.3) is 0 Å². The highest BCUT2D eigenvalue weighted by Crippen LogP contribution is 2.26. The van der Waals surface area contributed by atoms with Gasteiger partial charge in [-0.1, -0.05) is 36.4 Å². The van der Waals surface area contributed by atoms with Crippen LogP contribution in [0, 0.1) is 0 Å².